The van der Waals surface area contributed by atoms with Gasteiger partial charge in [0.2, 0.25) is 0 Å². The van der Waals surface area contributed by atoms with Gasteiger partial charge in [0.1, 0.15) is 5.75 Å². The zero-order valence-corrected chi connectivity index (χ0v) is 17.6. The van der Waals surface area contributed by atoms with E-state index in [1.54, 1.807) is 31.2 Å². The highest BCUT2D eigenvalue weighted by Gasteiger charge is 2.03. The molecule has 0 aliphatic carbocycles. The Kier molecular flexibility index (Phi) is 9.64. The molecule has 0 aliphatic rings. The van der Waals surface area contributed by atoms with E-state index >= 15 is 0 Å². The number of hydrogen-bond acceptors (Lipinski definition) is 5. The van der Waals surface area contributed by atoms with Crippen molar-refractivity contribution in [2.75, 3.05) is 13.6 Å². The average Bonchev–Trinajstić information content (AvgIpc) is 3.12. The maximum Gasteiger partial charge on any atom is 0.168 e. The minimum atomic E-state index is 0.212. The topological polar surface area (TPSA) is 62.2 Å². The third-order valence-electron chi connectivity index (χ3n) is 4.11. The molecule has 0 radical (unpaired) electrons. The predicted molar refractivity (Wildman–Crippen MR) is 120 cm³/mol. The summed E-state index contributed by atoms with van der Waals surface area (Å²) < 4.78 is 0. The number of aldehydes is 1. The summed E-state index contributed by atoms with van der Waals surface area (Å²) in [5, 5.41) is 12.9. The number of nitrogens with one attached hydrogen (secondary N) is 1. The molecule has 0 saturated heterocycles. The smallest absolute Gasteiger partial charge is 0.168 e. The van der Waals surface area contributed by atoms with E-state index in [0.717, 1.165) is 18.4 Å². The van der Waals surface area contributed by atoms with E-state index in [2.05, 4.69) is 52.5 Å². The molecule has 4 nitrogen and oxygen atoms in total. The van der Waals surface area contributed by atoms with Crippen molar-refractivity contribution in [2.24, 2.45) is 0 Å². The molecule has 0 bridgehead atoms. The zero-order valence-electron chi connectivity index (χ0n) is 16.8. The second-order valence-electron chi connectivity index (χ2n) is 6.43. The van der Waals surface area contributed by atoms with Crippen LogP contribution < -0.4 is 5.32 Å². The lowest BCUT2D eigenvalue weighted by molar-refractivity contribution is 0.112. The van der Waals surface area contributed by atoms with E-state index in [4.69, 9.17) is 5.11 Å². The summed E-state index contributed by atoms with van der Waals surface area (Å²) >= 11 is 1.28. The third kappa shape index (κ3) is 8.30. The van der Waals surface area contributed by atoms with Crippen molar-refractivity contribution in [3.05, 3.63) is 81.3 Å². The molecule has 3 aromatic rings. The predicted octanol–water partition coefficient (Wildman–Crippen LogP) is 4.60. The molecule has 1 aromatic heterocycles. The number of phenolic OH excluding ortho intramolecular Hbond substituents is 1. The Balaban J connectivity index is 0.000000221. The summed E-state index contributed by atoms with van der Waals surface area (Å²) in [5.41, 5.74) is 2.96. The van der Waals surface area contributed by atoms with Crippen LogP contribution in [-0.4, -0.2) is 30.0 Å². The van der Waals surface area contributed by atoms with Gasteiger partial charge in [-0.05, 0) is 75.5 Å². The Morgan fingerprint density at radius 2 is 1.79 bits per heavy atom. The molecule has 0 amide bonds. The van der Waals surface area contributed by atoms with Gasteiger partial charge >= 0.3 is 0 Å². The van der Waals surface area contributed by atoms with Crippen LogP contribution in [0.2, 0.25) is 0 Å². The standard InChI is InChI=1S/C13H9NO2S.C11H17N/c1-9-12(8-15)17-13(14-9)7-4-10-2-5-11(16)6-3-10;1-12-10-6-5-9-11-7-3-2-4-8-11/h2-3,5-6,8,16H,1H3;2-4,7-8,12H,5-6,9-10H2,1H3. The van der Waals surface area contributed by atoms with Crippen LogP contribution in [0, 0.1) is 18.8 Å². The van der Waals surface area contributed by atoms with E-state index in [9.17, 15) is 4.79 Å². The molecule has 1 heterocycles. The normalized spacial score (nSPS) is 9.72. The average molecular weight is 407 g/mol. The lowest BCUT2D eigenvalue weighted by atomic mass is 10.1. The Morgan fingerprint density at radius 3 is 2.41 bits per heavy atom. The highest BCUT2D eigenvalue weighted by Crippen LogP contribution is 2.15. The number of hydrogen-bond donors (Lipinski definition) is 2. The van der Waals surface area contributed by atoms with Crippen molar-refractivity contribution in [3.63, 3.8) is 0 Å². The molecule has 0 saturated carbocycles. The highest BCUT2D eigenvalue weighted by atomic mass is 32.1. The van der Waals surface area contributed by atoms with Crippen molar-refractivity contribution in [1.29, 1.82) is 0 Å². The Bertz CT molecular complexity index is 939. The molecular weight excluding hydrogens is 380 g/mol. The van der Waals surface area contributed by atoms with Gasteiger partial charge in [-0.1, -0.05) is 36.3 Å². The number of nitrogens with zero attached hydrogens (tertiary/aromatic N) is 1. The molecule has 29 heavy (non-hydrogen) atoms. The number of aromatic hydroxyl groups is 1. The van der Waals surface area contributed by atoms with E-state index in [1.807, 2.05) is 7.05 Å². The van der Waals surface area contributed by atoms with Crippen LogP contribution >= 0.6 is 11.3 Å². The van der Waals surface area contributed by atoms with E-state index in [1.165, 1.54) is 36.2 Å². The molecule has 0 spiro atoms. The maximum atomic E-state index is 10.6. The number of carbonyl (C=O) groups is 1. The first-order valence-corrected chi connectivity index (χ1v) is 10.4. The van der Waals surface area contributed by atoms with Gasteiger partial charge in [0.15, 0.2) is 11.3 Å². The number of aromatic nitrogens is 1. The molecule has 5 heteroatoms. The van der Waals surface area contributed by atoms with Crippen LogP contribution in [0.15, 0.2) is 54.6 Å². The van der Waals surface area contributed by atoms with Crippen LogP contribution in [0.4, 0.5) is 0 Å². The summed E-state index contributed by atoms with van der Waals surface area (Å²) in [7, 11) is 2.00. The van der Waals surface area contributed by atoms with E-state index in [-0.39, 0.29) is 5.75 Å². The van der Waals surface area contributed by atoms with Crippen LogP contribution in [0.25, 0.3) is 0 Å². The van der Waals surface area contributed by atoms with Gasteiger partial charge in [-0.15, -0.1) is 11.3 Å². The molecule has 0 fully saturated rings. The Labute approximate surface area is 176 Å². The van der Waals surface area contributed by atoms with Gasteiger partial charge < -0.3 is 10.4 Å². The Morgan fingerprint density at radius 1 is 1.07 bits per heavy atom. The van der Waals surface area contributed by atoms with E-state index < -0.39 is 0 Å². The van der Waals surface area contributed by atoms with Crippen molar-refractivity contribution in [2.45, 2.75) is 26.2 Å². The van der Waals surface area contributed by atoms with Gasteiger partial charge in [0, 0.05) is 5.56 Å². The lowest BCUT2D eigenvalue weighted by Crippen LogP contribution is -2.07. The monoisotopic (exact) mass is 406 g/mol. The lowest BCUT2D eigenvalue weighted by Gasteiger charge is -2.00. The first-order chi connectivity index (χ1) is 14.1. The van der Waals surface area contributed by atoms with Crippen molar-refractivity contribution in [3.8, 4) is 17.6 Å². The van der Waals surface area contributed by atoms with Crippen LogP contribution in [0.3, 0.4) is 0 Å². The fourth-order valence-corrected chi connectivity index (χ4v) is 3.25. The summed E-state index contributed by atoms with van der Waals surface area (Å²) in [5.74, 6) is 6.03. The first-order valence-electron chi connectivity index (χ1n) is 9.54. The quantitative estimate of drug-likeness (QED) is 0.357. The summed E-state index contributed by atoms with van der Waals surface area (Å²) in [6, 6.07) is 17.3. The highest BCUT2D eigenvalue weighted by molar-refractivity contribution is 7.13. The second-order valence-corrected chi connectivity index (χ2v) is 7.46. The number of phenols is 1. The molecule has 3 rings (SSSR count). The van der Waals surface area contributed by atoms with E-state index in [0.29, 0.717) is 15.6 Å². The molecule has 2 aromatic carbocycles. The number of rotatable bonds is 6. The molecule has 150 valence electrons. The number of benzene rings is 2. The van der Waals surface area contributed by atoms with Crippen LogP contribution in [-0.2, 0) is 6.42 Å². The SMILES string of the molecule is CNCCCCc1ccccc1.Cc1nc(C#Cc2ccc(O)cc2)sc1C=O. The molecule has 0 atom stereocenters. The third-order valence-corrected chi connectivity index (χ3v) is 5.10. The molecule has 2 N–H and O–H groups in total. The Hall–Kier alpha value is -2.94. The summed E-state index contributed by atoms with van der Waals surface area (Å²) in [6.07, 6.45) is 4.55. The van der Waals surface area contributed by atoms with Crippen molar-refractivity contribution >= 4 is 17.6 Å². The fourth-order valence-electron chi connectivity index (χ4n) is 2.52. The fraction of sp³-hybridized carbons (Fsp3) is 0.250. The van der Waals surface area contributed by atoms with Gasteiger partial charge in [-0.2, -0.15) is 0 Å². The van der Waals surface area contributed by atoms with Crippen LogP contribution in [0.5, 0.6) is 5.75 Å². The van der Waals surface area contributed by atoms with Crippen LogP contribution in [0.1, 0.15) is 44.3 Å². The van der Waals surface area contributed by atoms with Gasteiger partial charge in [-0.3, -0.25) is 4.79 Å². The zero-order chi connectivity index (χ0) is 20.9. The summed E-state index contributed by atoms with van der Waals surface area (Å²) in [6.45, 7) is 2.92. The maximum absolute atomic E-state index is 10.6. The minimum absolute atomic E-state index is 0.212. The number of unbranched alkanes of at least 4 members (excludes halogenated alkanes) is 1. The number of carbonyl (C=O) groups excluding carboxylic acids is 1. The number of aryl methyl sites for hydroxylation is 2. The largest absolute Gasteiger partial charge is 0.508 e. The number of thiazole rings is 1. The van der Waals surface area contributed by atoms with Gasteiger partial charge in [-0.25, -0.2) is 4.98 Å². The van der Waals surface area contributed by atoms with Crippen molar-refractivity contribution < 1.29 is 9.90 Å². The first kappa shape index (κ1) is 22.4. The molecule has 0 unspecified atom stereocenters. The molecular formula is C24H26N2O2S. The van der Waals surface area contributed by atoms with Gasteiger partial charge in [0.25, 0.3) is 0 Å². The van der Waals surface area contributed by atoms with Gasteiger partial charge in [0.05, 0.1) is 10.6 Å². The van der Waals surface area contributed by atoms with Crippen molar-refractivity contribution in [1.82, 2.24) is 10.3 Å². The summed E-state index contributed by atoms with van der Waals surface area (Å²) in [4.78, 5) is 15.4. The minimum Gasteiger partial charge on any atom is -0.508 e. The molecule has 0 aliphatic heterocycles. The second kappa shape index (κ2) is 12.5.